The molecule has 0 bridgehead atoms. The fourth-order valence-corrected chi connectivity index (χ4v) is 4.03. The van der Waals surface area contributed by atoms with Gasteiger partial charge in [-0.2, -0.15) is 0 Å². The van der Waals surface area contributed by atoms with E-state index in [2.05, 4.69) is 72.8 Å². The summed E-state index contributed by atoms with van der Waals surface area (Å²) in [4.78, 5) is 4.54. The molecule has 6 rings (SSSR count). The van der Waals surface area contributed by atoms with E-state index in [4.69, 9.17) is 0 Å². The minimum Gasteiger partial charge on any atom is -0.299 e. The van der Waals surface area contributed by atoms with E-state index in [-0.39, 0.29) is 0 Å². The summed E-state index contributed by atoms with van der Waals surface area (Å²) in [6, 6.07) is 36.8. The van der Waals surface area contributed by atoms with E-state index in [9.17, 15) is 0 Å². The molecule has 152 valence electrons. The summed E-state index contributed by atoms with van der Waals surface area (Å²) >= 11 is 0. The normalized spacial score (nSPS) is 11.1. The van der Waals surface area contributed by atoms with Gasteiger partial charge in [-0.1, -0.05) is 72.8 Å². The third-order valence-electron chi connectivity index (χ3n) is 5.55. The summed E-state index contributed by atoms with van der Waals surface area (Å²) < 4.78 is 4.21. The van der Waals surface area contributed by atoms with Crippen LogP contribution in [0.3, 0.4) is 0 Å². The van der Waals surface area contributed by atoms with Gasteiger partial charge < -0.3 is 0 Å². The van der Waals surface area contributed by atoms with Gasteiger partial charge in [-0.3, -0.25) is 9.13 Å². The third kappa shape index (κ3) is 3.08. The first-order chi connectivity index (χ1) is 15.9. The van der Waals surface area contributed by atoms with E-state index in [1.807, 2.05) is 67.0 Å². The van der Waals surface area contributed by atoms with Crippen molar-refractivity contribution in [3.63, 3.8) is 0 Å². The molecule has 5 nitrogen and oxygen atoms in total. The molecule has 0 aliphatic heterocycles. The predicted octanol–water partition coefficient (Wildman–Crippen LogP) is 5.94. The lowest BCUT2D eigenvalue weighted by atomic mass is 10.1. The van der Waals surface area contributed by atoms with Crippen molar-refractivity contribution in [2.45, 2.75) is 0 Å². The monoisotopic (exact) mass is 413 g/mol. The second-order valence-corrected chi connectivity index (χ2v) is 7.54. The van der Waals surface area contributed by atoms with Crippen LogP contribution in [0.15, 0.2) is 116 Å². The first-order valence-electron chi connectivity index (χ1n) is 10.5. The third-order valence-corrected chi connectivity index (χ3v) is 5.55. The quantitative estimate of drug-likeness (QED) is 0.359. The average molecular weight is 413 g/mol. The van der Waals surface area contributed by atoms with E-state index < -0.39 is 0 Å². The first-order valence-corrected chi connectivity index (χ1v) is 10.5. The van der Waals surface area contributed by atoms with Crippen molar-refractivity contribution < 1.29 is 0 Å². The van der Waals surface area contributed by atoms with Crippen molar-refractivity contribution in [2.75, 3.05) is 0 Å². The standard InChI is InChI=1S/C27H19N5/c1-3-10-20(11-4-1)26-29-30-27(32(26)22-13-5-2-6-14-22)21-12-9-15-23(18-21)31-19-28-24-16-7-8-17-25(24)31/h1-19H. The molecule has 0 aliphatic carbocycles. The Morgan fingerprint density at radius 1 is 0.531 bits per heavy atom. The smallest absolute Gasteiger partial charge is 0.168 e. The molecule has 0 radical (unpaired) electrons. The lowest BCUT2D eigenvalue weighted by Gasteiger charge is -2.12. The maximum atomic E-state index is 4.61. The summed E-state index contributed by atoms with van der Waals surface area (Å²) in [5, 5.41) is 9.19. The van der Waals surface area contributed by atoms with Crippen LogP contribution in [0.1, 0.15) is 0 Å². The van der Waals surface area contributed by atoms with Gasteiger partial charge in [0.05, 0.1) is 11.0 Å². The molecule has 2 heterocycles. The zero-order chi connectivity index (χ0) is 21.3. The average Bonchev–Trinajstić information content (AvgIpc) is 3.50. The van der Waals surface area contributed by atoms with Crippen molar-refractivity contribution in [2.24, 2.45) is 0 Å². The highest BCUT2D eigenvalue weighted by Gasteiger charge is 2.17. The van der Waals surface area contributed by atoms with Crippen LogP contribution in [-0.2, 0) is 0 Å². The lowest BCUT2D eigenvalue weighted by Crippen LogP contribution is -2.01. The maximum Gasteiger partial charge on any atom is 0.168 e. The Labute approximate surface area is 185 Å². The number of aromatic nitrogens is 5. The summed E-state index contributed by atoms with van der Waals surface area (Å²) in [7, 11) is 0. The number of fused-ring (bicyclic) bond motifs is 1. The summed E-state index contributed by atoms with van der Waals surface area (Å²) in [5.41, 5.74) is 6.09. The van der Waals surface area contributed by atoms with Crippen LogP contribution in [0.5, 0.6) is 0 Å². The van der Waals surface area contributed by atoms with Crippen LogP contribution in [0.2, 0.25) is 0 Å². The second kappa shape index (κ2) is 7.63. The molecule has 0 aliphatic rings. The minimum atomic E-state index is 0.793. The fourth-order valence-electron chi connectivity index (χ4n) is 4.03. The van der Waals surface area contributed by atoms with Crippen molar-refractivity contribution in [1.29, 1.82) is 0 Å². The number of imidazole rings is 1. The first kappa shape index (κ1) is 18.3. The number of rotatable bonds is 4. The van der Waals surface area contributed by atoms with Gasteiger partial charge in [0.25, 0.3) is 0 Å². The van der Waals surface area contributed by atoms with E-state index in [1.165, 1.54) is 0 Å². The van der Waals surface area contributed by atoms with Crippen LogP contribution in [-0.4, -0.2) is 24.3 Å². The largest absolute Gasteiger partial charge is 0.299 e. The number of benzene rings is 4. The fraction of sp³-hybridized carbons (Fsp3) is 0. The molecule has 0 saturated carbocycles. The molecule has 0 atom stereocenters. The zero-order valence-corrected chi connectivity index (χ0v) is 17.2. The van der Waals surface area contributed by atoms with Gasteiger partial charge in [-0.05, 0) is 36.4 Å². The molecule has 0 N–H and O–H groups in total. The highest BCUT2D eigenvalue weighted by molar-refractivity contribution is 5.78. The van der Waals surface area contributed by atoms with E-state index in [0.29, 0.717) is 0 Å². The Kier molecular flexibility index (Phi) is 4.36. The van der Waals surface area contributed by atoms with Crippen LogP contribution in [0.4, 0.5) is 0 Å². The highest BCUT2D eigenvalue weighted by Crippen LogP contribution is 2.30. The number of hydrogen-bond donors (Lipinski definition) is 0. The molecule has 32 heavy (non-hydrogen) atoms. The van der Waals surface area contributed by atoms with Crippen molar-refractivity contribution in [3.05, 3.63) is 116 Å². The maximum absolute atomic E-state index is 4.61. The molecule has 0 unspecified atom stereocenters. The Bertz CT molecular complexity index is 1510. The molecule has 4 aromatic carbocycles. The predicted molar refractivity (Wildman–Crippen MR) is 127 cm³/mol. The Morgan fingerprint density at radius 3 is 1.97 bits per heavy atom. The van der Waals surface area contributed by atoms with Crippen molar-refractivity contribution in [1.82, 2.24) is 24.3 Å². The van der Waals surface area contributed by atoms with Gasteiger partial charge >= 0.3 is 0 Å². The minimum absolute atomic E-state index is 0.793. The molecular formula is C27H19N5. The lowest BCUT2D eigenvalue weighted by molar-refractivity contribution is 1.06. The van der Waals surface area contributed by atoms with E-state index in [1.54, 1.807) is 0 Å². The molecule has 0 saturated heterocycles. The summed E-state index contributed by atoms with van der Waals surface area (Å²) in [6.07, 6.45) is 1.86. The van der Waals surface area contributed by atoms with Crippen LogP contribution >= 0.6 is 0 Å². The van der Waals surface area contributed by atoms with Gasteiger partial charge in [0.1, 0.15) is 6.33 Å². The SMILES string of the molecule is c1ccc(-c2nnc(-c3cccc(-n4cnc5ccccc54)c3)n2-c2ccccc2)cc1. The number of para-hydroxylation sites is 3. The van der Waals surface area contributed by atoms with Crippen molar-refractivity contribution >= 4 is 11.0 Å². The molecule has 0 spiro atoms. The molecule has 6 aromatic rings. The van der Waals surface area contributed by atoms with Gasteiger partial charge in [0.2, 0.25) is 0 Å². The molecule has 0 amide bonds. The summed E-state index contributed by atoms with van der Waals surface area (Å²) in [5.74, 6) is 1.60. The van der Waals surface area contributed by atoms with Crippen LogP contribution in [0, 0.1) is 0 Å². The molecule has 2 aromatic heterocycles. The number of hydrogen-bond acceptors (Lipinski definition) is 3. The Hall–Kier alpha value is -4.51. The Morgan fingerprint density at radius 2 is 1.16 bits per heavy atom. The topological polar surface area (TPSA) is 48.5 Å². The van der Waals surface area contributed by atoms with E-state index in [0.717, 1.165) is 45.2 Å². The highest BCUT2D eigenvalue weighted by atomic mass is 15.3. The molecule has 5 heteroatoms. The van der Waals surface area contributed by atoms with Crippen molar-refractivity contribution in [3.8, 4) is 34.2 Å². The Balaban J connectivity index is 1.54. The number of nitrogens with zero attached hydrogens (tertiary/aromatic N) is 5. The van der Waals surface area contributed by atoms with Gasteiger partial charge in [0.15, 0.2) is 11.6 Å². The van der Waals surface area contributed by atoms with Crippen LogP contribution < -0.4 is 0 Å². The van der Waals surface area contributed by atoms with Crippen LogP contribution in [0.25, 0.3) is 45.2 Å². The summed E-state index contributed by atoms with van der Waals surface area (Å²) in [6.45, 7) is 0. The molecule has 0 fully saturated rings. The molecular weight excluding hydrogens is 394 g/mol. The zero-order valence-electron chi connectivity index (χ0n) is 17.2. The van der Waals surface area contributed by atoms with Gasteiger partial charge in [0, 0.05) is 22.5 Å². The second-order valence-electron chi connectivity index (χ2n) is 7.54. The van der Waals surface area contributed by atoms with Gasteiger partial charge in [-0.15, -0.1) is 10.2 Å². The van der Waals surface area contributed by atoms with Gasteiger partial charge in [-0.25, -0.2) is 4.98 Å². The van der Waals surface area contributed by atoms with E-state index >= 15 is 0 Å².